The smallest absolute Gasteiger partial charge is 0.303 e. The molecule has 100 valence electrons. The molecular weight excluding hydrogens is 234 g/mol. The Morgan fingerprint density at radius 1 is 1.56 bits per heavy atom. The molecule has 0 amide bonds. The summed E-state index contributed by atoms with van der Waals surface area (Å²) in [5.41, 5.74) is -0.165. The largest absolute Gasteiger partial charge is 0.481 e. The molecule has 1 aromatic rings. The molecule has 0 spiro atoms. The Hall–Kier alpha value is -1.85. The minimum atomic E-state index is -0.838. The van der Waals surface area contributed by atoms with Crippen molar-refractivity contribution in [2.75, 3.05) is 11.9 Å². The SMILES string of the molecule is CC(C)Cn1ccnc(NCCCC(=O)O)c1=O. The molecule has 0 aromatic carbocycles. The van der Waals surface area contributed by atoms with Gasteiger partial charge in [0.15, 0.2) is 5.82 Å². The molecule has 6 heteroatoms. The Kier molecular flexibility index (Phi) is 5.35. The number of aromatic nitrogens is 2. The number of carbonyl (C=O) groups is 1. The van der Waals surface area contributed by atoms with E-state index in [1.165, 1.54) is 0 Å². The molecule has 0 radical (unpaired) electrons. The second kappa shape index (κ2) is 6.78. The van der Waals surface area contributed by atoms with Crippen molar-refractivity contribution in [3.8, 4) is 0 Å². The molecule has 0 saturated heterocycles. The Balaban J connectivity index is 2.61. The average molecular weight is 253 g/mol. The number of nitrogens with one attached hydrogen (secondary N) is 1. The Bertz CT molecular complexity index is 454. The summed E-state index contributed by atoms with van der Waals surface area (Å²) >= 11 is 0. The van der Waals surface area contributed by atoms with Gasteiger partial charge in [0.2, 0.25) is 0 Å². The van der Waals surface area contributed by atoms with Crippen LogP contribution in [0.4, 0.5) is 5.82 Å². The molecule has 0 aliphatic heterocycles. The molecule has 0 aliphatic rings. The van der Waals surface area contributed by atoms with E-state index in [4.69, 9.17) is 5.11 Å². The quantitative estimate of drug-likeness (QED) is 0.713. The zero-order valence-corrected chi connectivity index (χ0v) is 10.7. The molecule has 1 rings (SSSR count). The van der Waals surface area contributed by atoms with E-state index < -0.39 is 5.97 Å². The van der Waals surface area contributed by atoms with Gasteiger partial charge in [-0.2, -0.15) is 0 Å². The maximum Gasteiger partial charge on any atom is 0.303 e. The predicted octanol–water partition coefficient (Wildman–Crippen LogP) is 1.18. The van der Waals surface area contributed by atoms with Crippen LogP contribution < -0.4 is 10.9 Å². The van der Waals surface area contributed by atoms with Gasteiger partial charge in [-0.05, 0) is 12.3 Å². The highest BCUT2D eigenvalue weighted by Crippen LogP contribution is 1.99. The fourth-order valence-corrected chi connectivity index (χ4v) is 1.55. The second-order valence-corrected chi connectivity index (χ2v) is 4.55. The molecule has 18 heavy (non-hydrogen) atoms. The summed E-state index contributed by atoms with van der Waals surface area (Å²) in [7, 11) is 0. The van der Waals surface area contributed by atoms with E-state index >= 15 is 0 Å². The Morgan fingerprint density at radius 2 is 2.28 bits per heavy atom. The number of carboxylic acids is 1. The molecular formula is C12H19N3O3. The van der Waals surface area contributed by atoms with Gasteiger partial charge in [-0.1, -0.05) is 13.8 Å². The molecule has 6 nitrogen and oxygen atoms in total. The maximum absolute atomic E-state index is 12.0. The summed E-state index contributed by atoms with van der Waals surface area (Å²) in [6.45, 7) is 5.14. The topological polar surface area (TPSA) is 84.2 Å². The van der Waals surface area contributed by atoms with E-state index in [0.717, 1.165) is 0 Å². The fourth-order valence-electron chi connectivity index (χ4n) is 1.55. The van der Waals surface area contributed by atoms with Crippen LogP contribution in [0.15, 0.2) is 17.2 Å². The molecule has 0 unspecified atom stereocenters. The van der Waals surface area contributed by atoms with Crippen molar-refractivity contribution in [1.82, 2.24) is 9.55 Å². The monoisotopic (exact) mass is 253 g/mol. The van der Waals surface area contributed by atoms with E-state index in [2.05, 4.69) is 10.3 Å². The first kappa shape index (κ1) is 14.2. The van der Waals surface area contributed by atoms with Gasteiger partial charge in [-0.25, -0.2) is 4.98 Å². The number of aliphatic carboxylic acids is 1. The van der Waals surface area contributed by atoms with Crippen molar-refractivity contribution in [3.05, 3.63) is 22.7 Å². The van der Waals surface area contributed by atoms with Crippen molar-refractivity contribution in [1.29, 1.82) is 0 Å². The van der Waals surface area contributed by atoms with Crippen LogP contribution in [0.25, 0.3) is 0 Å². The van der Waals surface area contributed by atoms with Gasteiger partial charge in [0.25, 0.3) is 5.56 Å². The van der Waals surface area contributed by atoms with Gasteiger partial charge in [-0.3, -0.25) is 9.59 Å². The van der Waals surface area contributed by atoms with Gasteiger partial charge >= 0.3 is 5.97 Å². The summed E-state index contributed by atoms with van der Waals surface area (Å²) in [6.07, 6.45) is 3.78. The van der Waals surface area contributed by atoms with Crippen LogP contribution in [-0.4, -0.2) is 27.2 Å². The molecule has 0 bridgehead atoms. The summed E-state index contributed by atoms with van der Waals surface area (Å²) in [6, 6.07) is 0. The van der Waals surface area contributed by atoms with Crippen LogP contribution in [-0.2, 0) is 11.3 Å². The van der Waals surface area contributed by atoms with Gasteiger partial charge in [-0.15, -0.1) is 0 Å². The highest BCUT2D eigenvalue weighted by atomic mass is 16.4. The lowest BCUT2D eigenvalue weighted by Crippen LogP contribution is -2.26. The van der Waals surface area contributed by atoms with Gasteiger partial charge in [0.1, 0.15) is 0 Å². The lowest BCUT2D eigenvalue weighted by atomic mass is 10.2. The number of hydrogen-bond acceptors (Lipinski definition) is 4. The molecule has 2 N–H and O–H groups in total. The van der Waals surface area contributed by atoms with E-state index in [9.17, 15) is 9.59 Å². The van der Waals surface area contributed by atoms with Gasteiger partial charge in [0, 0.05) is 31.9 Å². The standard InChI is InChI=1S/C12H19N3O3/c1-9(2)8-15-7-6-14-11(12(15)18)13-5-3-4-10(16)17/h6-7,9H,3-5,8H2,1-2H3,(H,13,14)(H,16,17). The first-order valence-electron chi connectivity index (χ1n) is 6.02. The summed E-state index contributed by atoms with van der Waals surface area (Å²) < 4.78 is 1.61. The molecule has 0 aliphatic carbocycles. The van der Waals surface area contributed by atoms with Crippen LogP contribution in [0.2, 0.25) is 0 Å². The minimum absolute atomic E-state index is 0.0834. The van der Waals surface area contributed by atoms with E-state index in [1.54, 1.807) is 17.0 Å². The Morgan fingerprint density at radius 3 is 2.89 bits per heavy atom. The van der Waals surface area contributed by atoms with Crippen LogP contribution in [0.1, 0.15) is 26.7 Å². The zero-order chi connectivity index (χ0) is 13.5. The number of hydrogen-bond donors (Lipinski definition) is 2. The van der Waals surface area contributed by atoms with Crippen LogP contribution in [0, 0.1) is 5.92 Å². The third kappa shape index (κ3) is 4.57. The van der Waals surface area contributed by atoms with Crippen molar-refractivity contribution < 1.29 is 9.90 Å². The fraction of sp³-hybridized carbons (Fsp3) is 0.583. The van der Waals surface area contributed by atoms with E-state index in [-0.39, 0.29) is 17.8 Å². The van der Waals surface area contributed by atoms with Crippen LogP contribution in [0.5, 0.6) is 0 Å². The second-order valence-electron chi connectivity index (χ2n) is 4.55. The van der Waals surface area contributed by atoms with Gasteiger partial charge in [0.05, 0.1) is 0 Å². The van der Waals surface area contributed by atoms with Gasteiger partial charge < -0.3 is 15.0 Å². The van der Waals surface area contributed by atoms with Crippen molar-refractivity contribution in [3.63, 3.8) is 0 Å². The first-order chi connectivity index (χ1) is 8.50. The maximum atomic E-state index is 12.0. The van der Waals surface area contributed by atoms with E-state index in [0.29, 0.717) is 25.4 Å². The van der Waals surface area contributed by atoms with E-state index in [1.807, 2.05) is 13.8 Å². The average Bonchev–Trinajstić information content (AvgIpc) is 2.28. The van der Waals surface area contributed by atoms with Crippen LogP contribution >= 0.6 is 0 Å². The highest BCUT2D eigenvalue weighted by Gasteiger charge is 2.05. The summed E-state index contributed by atoms with van der Waals surface area (Å²) in [5, 5.41) is 11.4. The summed E-state index contributed by atoms with van der Waals surface area (Å²) in [4.78, 5) is 26.3. The third-order valence-corrected chi connectivity index (χ3v) is 2.34. The van der Waals surface area contributed by atoms with Crippen molar-refractivity contribution in [2.45, 2.75) is 33.2 Å². The summed E-state index contributed by atoms with van der Waals surface area (Å²) in [5.74, 6) is -0.177. The minimum Gasteiger partial charge on any atom is -0.481 e. The molecule has 0 fully saturated rings. The third-order valence-electron chi connectivity index (χ3n) is 2.34. The van der Waals surface area contributed by atoms with Crippen LogP contribution in [0.3, 0.4) is 0 Å². The lowest BCUT2D eigenvalue weighted by Gasteiger charge is -2.10. The number of anilines is 1. The molecule has 0 saturated carbocycles. The first-order valence-corrected chi connectivity index (χ1v) is 6.02. The lowest BCUT2D eigenvalue weighted by molar-refractivity contribution is -0.137. The zero-order valence-electron chi connectivity index (χ0n) is 10.7. The Labute approximate surface area is 106 Å². The number of rotatable bonds is 7. The predicted molar refractivity (Wildman–Crippen MR) is 68.7 cm³/mol. The highest BCUT2D eigenvalue weighted by molar-refractivity contribution is 5.66. The van der Waals surface area contributed by atoms with Crippen molar-refractivity contribution >= 4 is 11.8 Å². The molecule has 0 atom stereocenters. The normalized spacial score (nSPS) is 10.6. The van der Waals surface area contributed by atoms with Crippen molar-refractivity contribution in [2.24, 2.45) is 5.92 Å². The molecule has 1 heterocycles. The number of carboxylic acid groups (broad SMARTS) is 1. The number of nitrogens with zero attached hydrogens (tertiary/aromatic N) is 2. The molecule has 1 aromatic heterocycles.